The van der Waals surface area contributed by atoms with Crippen LogP contribution in [0.15, 0.2) is 22.6 Å². The first-order valence-corrected chi connectivity index (χ1v) is 10.5. The Morgan fingerprint density at radius 3 is 2.41 bits per heavy atom. The molecule has 6 rings (SSSR count). The molecule has 4 aliphatic rings. The van der Waals surface area contributed by atoms with E-state index >= 15 is 0 Å². The van der Waals surface area contributed by atoms with Crippen LogP contribution in [0.2, 0.25) is 0 Å². The van der Waals surface area contributed by atoms with Crippen LogP contribution in [0.25, 0.3) is 11.0 Å². The van der Waals surface area contributed by atoms with E-state index in [2.05, 4.69) is 5.32 Å². The summed E-state index contributed by atoms with van der Waals surface area (Å²) in [5.41, 5.74) is 1.20. The summed E-state index contributed by atoms with van der Waals surface area (Å²) < 4.78 is 16.2. The molecule has 4 saturated carbocycles. The molecule has 6 heteroatoms. The van der Waals surface area contributed by atoms with E-state index in [0.29, 0.717) is 16.9 Å². The van der Waals surface area contributed by atoms with E-state index < -0.39 is 5.97 Å². The summed E-state index contributed by atoms with van der Waals surface area (Å²) in [5.74, 6) is 2.25. The highest BCUT2D eigenvalue weighted by Crippen LogP contribution is 2.55. The fraction of sp³-hybridized carbons (Fsp3) is 0.565. The second kappa shape index (κ2) is 6.78. The van der Waals surface area contributed by atoms with Gasteiger partial charge in [-0.15, -0.1) is 0 Å². The molecule has 4 bridgehead atoms. The first-order valence-electron chi connectivity index (χ1n) is 10.5. The largest absolute Gasteiger partial charge is 0.497 e. The van der Waals surface area contributed by atoms with E-state index in [9.17, 15) is 9.59 Å². The van der Waals surface area contributed by atoms with Crippen molar-refractivity contribution in [2.45, 2.75) is 51.0 Å². The molecule has 0 saturated heterocycles. The van der Waals surface area contributed by atoms with Gasteiger partial charge in [0.2, 0.25) is 5.76 Å². The molecular weight excluding hydrogens is 370 g/mol. The summed E-state index contributed by atoms with van der Waals surface area (Å²) in [7, 11) is 1.59. The molecular formula is C23H27NO5. The summed E-state index contributed by atoms with van der Waals surface area (Å²) in [6.45, 7) is 1.53. The van der Waals surface area contributed by atoms with Gasteiger partial charge in [-0.2, -0.15) is 0 Å². The van der Waals surface area contributed by atoms with Gasteiger partial charge in [0.15, 0.2) is 6.61 Å². The topological polar surface area (TPSA) is 77.8 Å². The lowest BCUT2D eigenvalue weighted by Crippen LogP contribution is -2.60. The molecule has 0 atom stereocenters. The third-order valence-electron chi connectivity index (χ3n) is 7.11. The van der Waals surface area contributed by atoms with Gasteiger partial charge in [-0.1, -0.05) is 0 Å². The van der Waals surface area contributed by atoms with Crippen LogP contribution in [0.4, 0.5) is 0 Å². The standard InChI is InChI=1S/C23H27NO5/c1-13-18-8-17(27-2)3-4-19(18)29-21(13)22(26)28-12-20(25)24-23-9-14-5-15(10-23)7-16(6-14)11-23/h3-4,8,14-16H,5-7,9-12H2,1-2H3,(H,24,25). The van der Waals surface area contributed by atoms with Crippen LogP contribution in [0.3, 0.4) is 0 Å². The van der Waals surface area contributed by atoms with Crippen molar-refractivity contribution in [3.63, 3.8) is 0 Å². The van der Waals surface area contributed by atoms with Gasteiger partial charge in [-0.05, 0) is 81.4 Å². The normalized spacial score (nSPS) is 29.8. The number of hydrogen-bond donors (Lipinski definition) is 1. The quantitative estimate of drug-likeness (QED) is 0.772. The Balaban J connectivity index is 1.23. The van der Waals surface area contributed by atoms with Crippen LogP contribution >= 0.6 is 0 Å². The molecule has 0 radical (unpaired) electrons. The highest BCUT2D eigenvalue weighted by atomic mass is 16.5. The zero-order valence-electron chi connectivity index (χ0n) is 17.0. The molecule has 1 aromatic carbocycles. The number of ether oxygens (including phenoxy) is 2. The number of benzene rings is 1. The minimum absolute atomic E-state index is 0.0793. The third-order valence-corrected chi connectivity index (χ3v) is 7.11. The van der Waals surface area contributed by atoms with Gasteiger partial charge in [0.1, 0.15) is 11.3 Å². The molecule has 1 aromatic heterocycles. The molecule has 0 spiro atoms. The Hall–Kier alpha value is -2.50. The summed E-state index contributed by atoms with van der Waals surface area (Å²) >= 11 is 0. The fourth-order valence-electron chi connectivity index (χ4n) is 6.31. The molecule has 0 aliphatic heterocycles. The molecule has 1 amide bonds. The van der Waals surface area contributed by atoms with Gasteiger partial charge < -0.3 is 19.2 Å². The van der Waals surface area contributed by atoms with E-state index in [1.165, 1.54) is 19.3 Å². The summed E-state index contributed by atoms with van der Waals surface area (Å²) in [6.07, 6.45) is 7.18. The van der Waals surface area contributed by atoms with Crippen molar-refractivity contribution in [1.29, 1.82) is 0 Å². The number of fused-ring (bicyclic) bond motifs is 1. The Labute approximate surface area is 169 Å². The summed E-state index contributed by atoms with van der Waals surface area (Å²) in [4.78, 5) is 25.1. The maximum Gasteiger partial charge on any atom is 0.375 e. The number of carbonyl (C=O) groups is 2. The molecule has 0 unspecified atom stereocenters. The number of furan rings is 1. The van der Waals surface area contributed by atoms with E-state index in [1.807, 2.05) is 6.07 Å². The van der Waals surface area contributed by atoms with Gasteiger partial charge in [0.05, 0.1) is 7.11 Å². The van der Waals surface area contributed by atoms with Crippen LogP contribution < -0.4 is 10.1 Å². The fourth-order valence-corrected chi connectivity index (χ4v) is 6.31. The van der Waals surface area contributed by atoms with Crippen LogP contribution in [0.1, 0.15) is 54.6 Å². The van der Waals surface area contributed by atoms with Gasteiger partial charge in [0.25, 0.3) is 5.91 Å². The number of carbonyl (C=O) groups excluding carboxylic acids is 2. The van der Waals surface area contributed by atoms with Crippen molar-refractivity contribution in [1.82, 2.24) is 5.32 Å². The van der Waals surface area contributed by atoms with Crippen molar-refractivity contribution in [2.75, 3.05) is 13.7 Å². The highest BCUT2D eigenvalue weighted by molar-refractivity contribution is 5.97. The molecule has 6 nitrogen and oxygen atoms in total. The van der Waals surface area contributed by atoms with Gasteiger partial charge in [0, 0.05) is 16.5 Å². The summed E-state index contributed by atoms with van der Waals surface area (Å²) in [5, 5.41) is 4.02. The SMILES string of the molecule is COc1ccc2oc(C(=O)OCC(=O)NC34CC5CC(CC(C5)C3)C4)c(C)c2c1. The number of esters is 1. The number of methoxy groups -OCH3 is 1. The Kier molecular flexibility index (Phi) is 4.33. The maximum atomic E-state index is 12.6. The molecule has 29 heavy (non-hydrogen) atoms. The number of aryl methyl sites for hydroxylation is 1. The van der Waals surface area contributed by atoms with Gasteiger partial charge in [-0.3, -0.25) is 4.79 Å². The zero-order valence-corrected chi connectivity index (χ0v) is 17.0. The van der Waals surface area contributed by atoms with Crippen molar-refractivity contribution < 1.29 is 23.5 Å². The van der Waals surface area contributed by atoms with E-state index in [-0.39, 0.29) is 23.8 Å². The minimum atomic E-state index is -0.613. The average Bonchev–Trinajstić information content (AvgIpc) is 3.01. The van der Waals surface area contributed by atoms with E-state index in [0.717, 1.165) is 42.4 Å². The molecule has 1 heterocycles. The van der Waals surface area contributed by atoms with Gasteiger partial charge >= 0.3 is 5.97 Å². The molecule has 4 aliphatic carbocycles. The molecule has 4 fully saturated rings. The Morgan fingerprint density at radius 2 is 1.79 bits per heavy atom. The average molecular weight is 397 g/mol. The second-order valence-electron chi connectivity index (χ2n) is 9.24. The monoisotopic (exact) mass is 397 g/mol. The van der Waals surface area contributed by atoms with Crippen molar-refractivity contribution >= 4 is 22.8 Å². The van der Waals surface area contributed by atoms with Crippen molar-refractivity contribution in [3.05, 3.63) is 29.5 Å². The smallest absolute Gasteiger partial charge is 0.375 e. The lowest BCUT2D eigenvalue weighted by Gasteiger charge is -2.56. The van der Waals surface area contributed by atoms with Crippen LogP contribution in [0, 0.1) is 24.7 Å². The lowest BCUT2D eigenvalue weighted by atomic mass is 9.53. The lowest BCUT2D eigenvalue weighted by molar-refractivity contribution is -0.130. The first kappa shape index (κ1) is 18.5. The van der Waals surface area contributed by atoms with Crippen molar-refractivity contribution in [3.8, 4) is 5.75 Å². The number of hydrogen-bond acceptors (Lipinski definition) is 5. The van der Waals surface area contributed by atoms with E-state index in [1.54, 1.807) is 26.2 Å². The van der Waals surface area contributed by atoms with E-state index in [4.69, 9.17) is 13.9 Å². The van der Waals surface area contributed by atoms with Crippen LogP contribution in [-0.4, -0.2) is 31.1 Å². The van der Waals surface area contributed by atoms with Crippen molar-refractivity contribution in [2.24, 2.45) is 17.8 Å². The van der Waals surface area contributed by atoms with Crippen LogP contribution in [-0.2, 0) is 9.53 Å². The third kappa shape index (κ3) is 3.28. The highest BCUT2D eigenvalue weighted by Gasteiger charge is 2.51. The predicted molar refractivity (Wildman–Crippen MR) is 107 cm³/mol. The Morgan fingerprint density at radius 1 is 1.14 bits per heavy atom. The maximum absolute atomic E-state index is 12.6. The second-order valence-corrected chi connectivity index (χ2v) is 9.24. The number of rotatable bonds is 5. The number of amides is 1. The molecule has 1 N–H and O–H groups in total. The first-order chi connectivity index (χ1) is 13.9. The predicted octanol–water partition coefficient (Wildman–Crippen LogP) is 3.99. The minimum Gasteiger partial charge on any atom is -0.497 e. The molecule has 154 valence electrons. The van der Waals surface area contributed by atoms with Crippen LogP contribution in [0.5, 0.6) is 5.75 Å². The summed E-state index contributed by atoms with van der Waals surface area (Å²) in [6, 6.07) is 5.36. The Bertz CT molecular complexity index is 940. The van der Waals surface area contributed by atoms with Gasteiger partial charge in [-0.25, -0.2) is 4.79 Å². The number of nitrogens with one attached hydrogen (secondary N) is 1. The zero-order chi connectivity index (χ0) is 20.2. The molecule has 2 aromatic rings.